The van der Waals surface area contributed by atoms with E-state index >= 15 is 0 Å². The topological polar surface area (TPSA) is 20.3 Å². The highest BCUT2D eigenvalue weighted by molar-refractivity contribution is 5.76. The van der Waals surface area contributed by atoms with Gasteiger partial charge in [-0.05, 0) is 29.2 Å². The van der Waals surface area contributed by atoms with Crippen LogP contribution in [0.3, 0.4) is 0 Å². The van der Waals surface area contributed by atoms with Crippen molar-refractivity contribution in [3.63, 3.8) is 0 Å². The number of rotatable bonds is 7. The van der Waals surface area contributed by atoms with Gasteiger partial charge in [0.25, 0.3) is 0 Å². The normalized spacial score (nSPS) is 10.5. The van der Waals surface area contributed by atoms with E-state index in [-0.39, 0.29) is 11.7 Å². The minimum atomic E-state index is -0.252. The summed E-state index contributed by atoms with van der Waals surface area (Å²) in [6, 6.07) is 26.5. The molecule has 3 aromatic carbocycles. The lowest BCUT2D eigenvalue weighted by atomic mass is 10.1. The number of carbonyl (C=O) groups is 1. The van der Waals surface area contributed by atoms with Crippen LogP contribution in [0.4, 0.5) is 4.39 Å². The summed E-state index contributed by atoms with van der Waals surface area (Å²) in [5, 5.41) is 0. The molecular weight excluding hydrogens is 325 g/mol. The molecule has 0 saturated carbocycles. The van der Waals surface area contributed by atoms with Crippen molar-refractivity contribution in [3.05, 3.63) is 107 Å². The fourth-order valence-electron chi connectivity index (χ4n) is 2.94. The monoisotopic (exact) mass is 347 g/mol. The van der Waals surface area contributed by atoms with Crippen LogP contribution < -0.4 is 0 Å². The highest BCUT2D eigenvalue weighted by Crippen LogP contribution is 2.14. The van der Waals surface area contributed by atoms with E-state index in [0.29, 0.717) is 31.5 Å². The zero-order valence-electron chi connectivity index (χ0n) is 14.6. The second-order valence-electron chi connectivity index (χ2n) is 6.31. The van der Waals surface area contributed by atoms with Crippen molar-refractivity contribution in [2.45, 2.75) is 25.9 Å². The van der Waals surface area contributed by atoms with Crippen LogP contribution in [-0.2, 0) is 24.3 Å². The van der Waals surface area contributed by atoms with Crippen LogP contribution in [0.25, 0.3) is 0 Å². The zero-order chi connectivity index (χ0) is 18.2. The standard InChI is InChI=1S/C23H22FNO/c24-22-14-8-7-13-21(22)15-16-23(26)25(17-19-9-3-1-4-10-19)18-20-11-5-2-6-12-20/h1-14H,15-18H2. The summed E-state index contributed by atoms with van der Waals surface area (Å²) < 4.78 is 13.8. The minimum Gasteiger partial charge on any atom is -0.334 e. The summed E-state index contributed by atoms with van der Waals surface area (Å²) in [5.41, 5.74) is 2.76. The second-order valence-corrected chi connectivity index (χ2v) is 6.31. The Balaban J connectivity index is 1.71. The number of carbonyl (C=O) groups excluding carboxylic acids is 1. The molecule has 26 heavy (non-hydrogen) atoms. The molecule has 0 atom stereocenters. The van der Waals surface area contributed by atoms with E-state index in [2.05, 4.69) is 0 Å². The fourth-order valence-corrected chi connectivity index (χ4v) is 2.94. The van der Waals surface area contributed by atoms with Gasteiger partial charge in [-0.3, -0.25) is 4.79 Å². The van der Waals surface area contributed by atoms with E-state index in [1.54, 1.807) is 18.2 Å². The number of hydrogen-bond acceptors (Lipinski definition) is 1. The van der Waals surface area contributed by atoms with Crippen molar-refractivity contribution in [1.82, 2.24) is 4.90 Å². The molecule has 0 unspecified atom stereocenters. The average Bonchev–Trinajstić information content (AvgIpc) is 2.68. The Kier molecular flexibility index (Phi) is 6.15. The molecule has 3 heteroatoms. The largest absolute Gasteiger partial charge is 0.334 e. The number of hydrogen-bond donors (Lipinski definition) is 0. The van der Waals surface area contributed by atoms with Gasteiger partial charge in [-0.1, -0.05) is 78.9 Å². The van der Waals surface area contributed by atoms with Crippen molar-refractivity contribution >= 4 is 5.91 Å². The number of aryl methyl sites for hydroxylation is 1. The van der Waals surface area contributed by atoms with Gasteiger partial charge in [-0.25, -0.2) is 4.39 Å². The molecule has 0 radical (unpaired) electrons. The third kappa shape index (κ3) is 5.03. The molecule has 3 aromatic rings. The molecule has 0 N–H and O–H groups in total. The highest BCUT2D eigenvalue weighted by Gasteiger charge is 2.15. The van der Waals surface area contributed by atoms with Crippen LogP contribution in [0.1, 0.15) is 23.1 Å². The van der Waals surface area contributed by atoms with Gasteiger partial charge in [-0.15, -0.1) is 0 Å². The molecule has 132 valence electrons. The number of benzene rings is 3. The Morgan fingerprint density at radius 2 is 1.23 bits per heavy atom. The summed E-state index contributed by atoms with van der Waals surface area (Å²) in [5.74, 6) is -0.223. The van der Waals surface area contributed by atoms with Crippen LogP contribution in [-0.4, -0.2) is 10.8 Å². The molecule has 0 saturated heterocycles. The van der Waals surface area contributed by atoms with Gasteiger partial charge in [0, 0.05) is 19.5 Å². The van der Waals surface area contributed by atoms with Crippen LogP contribution in [0.15, 0.2) is 84.9 Å². The first kappa shape index (κ1) is 17.9. The molecule has 1 amide bonds. The molecule has 3 rings (SSSR count). The minimum absolute atomic E-state index is 0.0287. The third-order valence-corrected chi connectivity index (χ3v) is 4.35. The summed E-state index contributed by atoms with van der Waals surface area (Å²) in [7, 11) is 0. The van der Waals surface area contributed by atoms with Gasteiger partial charge in [-0.2, -0.15) is 0 Å². The second kappa shape index (κ2) is 8.95. The van der Waals surface area contributed by atoms with E-state index in [4.69, 9.17) is 0 Å². The first-order chi connectivity index (χ1) is 12.7. The number of nitrogens with zero attached hydrogens (tertiary/aromatic N) is 1. The summed E-state index contributed by atoms with van der Waals surface area (Å²) in [4.78, 5) is 14.7. The number of halogens is 1. The smallest absolute Gasteiger partial charge is 0.223 e. The van der Waals surface area contributed by atoms with E-state index in [1.807, 2.05) is 65.6 Å². The molecular formula is C23H22FNO. The van der Waals surface area contributed by atoms with E-state index in [9.17, 15) is 9.18 Å². The Morgan fingerprint density at radius 3 is 1.77 bits per heavy atom. The van der Waals surface area contributed by atoms with Crippen LogP contribution in [0.2, 0.25) is 0 Å². The third-order valence-electron chi connectivity index (χ3n) is 4.35. The fraction of sp³-hybridized carbons (Fsp3) is 0.174. The van der Waals surface area contributed by atoms with Gasteiger partial charge in [0.1, 0.15) is 5.82 Å². The summed E-state index contributed by atoms with van der Waals surface area (Å²) in [6.07, 6.45) is 0.701. The van der Waals surface area contributed by atoms with Crippen molar-refractivity contribution in [2.24, 2.45) is 0 Å². The van der Waals surface area contributed by atoms with E-state index < -0.39 is 0 Å². The maximum absolute atomic E-state index is 13.8. The van der Waals surface area contributed by atoms with Gasteiger partial charge in [0.15, 0.2) is 0 Å². The first-order valence-corrected chi connectivity index (χ1v) is 8.81. The highest BCUT2D eigenvalue weighted by atomic mass is 19.1. The predicted octanol–water partition coefficient (Wildman–Crippen LogP) is 4.99. The van der Waals surface area contributed by atoms with Crippen LogP contribution >= 0.6 is 0 Å². The molecule has 0 fully saturated rings. The lowest BCUT2D eigenvalue weighted by molar-refractivity contribution is -0.132. The molecule has 0 aromatic heterocycles. The van der Waals surface area contributed by atoms with Crippen LogP contribution in [0, 0.1) is 5.82 Å². The Hall–Kier alpha value is -2.94. The van der Waals surface area contributed by atoms with Crippen molar-refractivity contribution in [2.75, 3.05) is 0 Å². The SMILES string of the molecule is O=C(CCc1ccccc1F)N(Cc1ccccc1)Cc1ccccc1. The van der Waals surface area contributed by atoms with Gasteiger partial charge in [0.2, 0.25) is 5.91 Å². The maximum atomic E-state index is 13.8. The van der Waals surface area contributed by atoms with Crippen molar-refractivity contribution in [3.8, 4) is 0 Å². The lowest BCUT2D eigenvalue weighted by Gasteiger charge is -2.23. The van der Waals surface area contributed by atoms with Crippen molar-refractivity contribution in [1.29, 1.82) is 0 Å². The first-order valence-electron chi connectivity index (χ1n) is 8.81. The molecule has 0 aliphatic heterocycles. The summed E-state index contributed by atoms with van der Waals surface area (Å²) in [6.45, 7) is 1.09. The zero-order valence-corrected chi connectivity index (χ0v) is 14.6. The molecule has 0 bridgehead atoms. The van der Waals surface area contributed by atoms with E-state index in [0.717, 1.165) is 11.1 Å². The Bertz CT molecular complexity index is 792. The van der Waals surface area contributed by atoms with Gasteiger partial charge < -0.3 is 4.90 Å². The molecule has 2 nitrogen and oxygen atoms in total. The quantitative estimate of drug-likeness (QED) is 0.590. The number of amides is 1. The lowest BCUT2D eigenvalue weighted by Crippen LogP contribution is -2.30. The maximum Gasteiger partial charge on any atom is 0.223 e. The Morgan fingerprint density at radius 1 is 0.731 bits per heavy atom. The predicted molar refractivity (Wildman–Crippen MR) is 102 cm³/mol. The van der Waals surface area contributed by atoms with Gasteiger partial charge in [0.05, 0.1) is 0 Å². The molecule has 0 spiro atoms. The van der Waals surface area contributed by atoms with Crippen LogP contribution in [0.5, 0.6) is 0 Å². The molecule has 0 aliphatic rings. The average molecular weight is 347 g/mol. The van der Waals surface area contributed by atoms with Gasteiger partial charge >= 0.3 is 0 Å². The molecule has 0 aliphatic carbocycles. The molecule has 0 heterocycles. The van der Waals surface area contributed by atoms with E-state index in [1.165, 1.54) is 6.07 Å². The van der Waals surface area contributed by atoms with Crippen molar-refractivity contribution < 1.29 is 9.18 Å². The Labute approximate surface area is 153 Å². The summed E-state index contributed by atoms with van der Waals surface area (Å²) >= 11 is 0.